The van der Waals surface area contributed by atoms with E-state index >= 15 is 0 Å². The third-order valence-electron chi connectivity index (χ3n) is 3.53. The van der Waals surface area contributed by atoms with E-state index in [9.17, 15) is 0 Å². The maximum absolute atomic E-state index is 4.29. The Hall–Kier alpha value is -1.87. The summed E-state index contributed by atoms with van der Waals surface area (Å²) >= 11 is 1.68. The highest BCUT2D eigenvalue weighted by molar-refractivity contribution is 7.16. The lowest BCUT2D eigenvalue weighted by molar-refractivity contribution is 1.10. The summed E-state index contributed by atoms with van der Waals surface area (Å²) in [7, 11) is 0. The SMILES string of the molecule is Cc1cccc(CNc2ccc3ncsc3c2)c1C. The Morgan fingerprint density at radius 2 is 2.05 bits per heavy atom. The zero-order valence-electron chi connectivity index (χ0n) is 11.1. The minimum Gasteiger partial charge on any atom is -0.381 e. The second kappa shape index (κ2) is 5.02. The molecule has 19 heavy (non-hydrogen) atoms. The molecule has 3 rings (SSSR count). The molecule has 0 atom stereocenters. The predicted octanol–water partition coefficient (Wildman–Crippen LogP) is 4.53. The van der Waals surface area contributed by atoms with Crippen LogP contribution in [0.4, 0.5) is 5.69 Å². The quantitative estimate of drug-likeness (QED) is 0.755. The normalized spacial score (nSPS) is 10.8. The smallest absolute Gasteiger partial charge is 0.0813 e. The van der Waals surface area contributed by atoms with Crippen LogP contribution in [0.15, 0.2) is 41.9 Å². The molecule has 3 heteroatoms. The molecule has 1 aromatic heterocycles. The maximum Gasteiger partial charge on any atom is 0.0813 e. The first-order valence-corrected chi connectivity index (χ1v) is 7.24. The van der Waals surface area contributed by atoms with Crippen molar-refractivity contribution in [3.63, 3.8) is 0 Å². The van der Waals surface area contributed by atoms with E-state index in [1.165, 1.54) is 21.4 Å². The summed E-state index contributed by atoms with van der Waals surface area (Å²) < 4.78 is 1.23. The molecule has 96 valence electrons. The summed E-state index contributed by atoms with van der Waals surface area (Å²) in [5.74, 6) is 0. The fourth-order valence-electron chi connectivity index (χ4n) is 2.17. The van der Waals surface area contributed by atoms with Gasteiger partial charge in [0, 0.05) is 12.2 Å². The van der Waals surface area contributed by atoms with Crippen LogP contribution in [0.1, 0.15) is 16.7 Å². The average molecular weight is 268 g/mol. The van der Waals surface area contributed by atoms with Crippen molar-refractivity contribution in [2.45, 2.75) is 20.4 Å². The van der Waals surface area contributed by atoms with Crippen molar-refractivity contribution in [1.82, 2.24) is 4.98 Å². The molecule has 0 aliphatic carbocycles. The van der Waals surface area contributed by atoms with Crippen LogP contribution in [0.2, 0.25) is 0 Å². The topological polar surface area (TPSA) is 24.9 Å². The van der Waals surface area contributed by atoms with Crippen LogP contribution in [0.5, 0.6) is 0 Å². The van der Waals surface area contributed by atoms with Crippen LogP contribution >= 0.6 is 11.3 Å². The molecule has 2 aromatic carbocycles. The van der Waals surface area contributed by atoms with Gasteiger partial charge in [0.2, 0.25) is 0 Å². The van der Waals surface area contributed by atoms with Gasteiger partial charge in [0.1, 0.15) is 0 Å². The number of anilines is 1. The van der Waals surface area contributed by atoms with Crippen molar-refractivity contribution in [2.75, 3.05) is 5.32 Å². The van der Waals surface area contributed by atoms with Gasteiger partial charge in [-0.25, -0.2) is 4.98 Å². The summed E-state index contributed by atoms with van der Waals surface area (Å²) in [6.07, 6.45) is 0. The Bertz CT molecular complexity index is 716. The minimum atomic E-state index is 0.859. The van der Waals surface area contributed by atoms with Gasteiger partial charge < -0.3 is 5.32 Å². The number of hydrogen-bond donors (Lipinski definition) is 1. The molecule has 2 nitrogen and oxygen atoms in total. The van der Waals surface area contributed by atoms with E-state index in [1.807, 2.05) is 5.51 Å². The molecule has 1 N–H and O–H groups in total. The summed E-state index contributed by atoms with van der Waals surface area (Å²) in [6.45, 7) is 5.19. The van der Waals surface area contributed by atoms with Crippen LogP contribution in [0.3, 0.4) is 0 Å². The summed E-state index contributed by atoms with van der Waals surface area (Å²) in [4.78, 5) is 4.29. The van der Waals surface area contributed by atoms with E-state index < -0.39 is 0 Å². The van der Waals surface area contributed by atoms with Gasteiger partial charge in [0.25, 0.3) is 0 Å². The molecule has 0 aliphatic rings. The van der Waals surface area contributed by atoms with E-state index in [1.54, 1.807) is 11.3 Å². The second-order valence-corrected chi connectivity index (χ2v) is 5.63. The number of hydrogen-bond acceptors (Lipinski definition) is 3. The number of fused-ring (bicyclic) bond motifs is 1. The number of aryl methyl sites for hydroxylation is 1. The molecule has 0 bridgehead atoms. The van der Waals surface area contributed by atoms with E-state index in [0.29, 0.717) is 0 Å². The lowest BCUT2D eigenvalue weighted by Crippen LogP contribution is -2.02. The van der Waals surface area contributed by atoms with Crippen molar-refractivity contribution in [3.05, 3.63) is 58.6 Å². The number of rotatable bonds is 3. The third kappa shape index (κ3) is 2.47. The molecule has 1 heterocycles. The van der Waals surface area contributed by atoms with Crippen LogP contribution in [-0.4, -0.2) is 4.98 Å². The molecular weight excluding hydrogens is 252 g/mol. The molecule has 0 amide bonds. The maximum atomic E-state index is 4.29. The standard InChI is InChI=1S/C16H16N2S/c1-11-4-3-5-13(12(11)2)9-17-14-6-7-15-16(8-14)19-10-18-15/h3-8,10,17H,9H2,1-2H3. The van der Waals surface area contributed by atoms with Gasteiger partial charge >= 0.3 is 0 Å². The number of aromatic nitrogens is 1. The Morgan fingerprint density at radius 1 is 1.16 bits per heavy atom. The van der Waals surface area contributed by atoms with E-state index in [0.717, 1.165) is 17.7 Å². The summed E-state index contributed by atoms with van der Waals surface area (Å²) in [6, 6.07) is 12.8. The van der Waals surface area contributed by atoms with Gasteiger partial charge in [0.05, 0.1) is 15.7 Å². The lowest BCUT2D eigenvalue weighted by Gasteiger charge is -2.10. The van der Waals surface area contributed by atoms with Gasteiger partial charge in [-0.3, -0.25) is 0 Å². The predicted molar refractivity (Wildman–Crippen MR) is 82.9 cm³/mol. The zero-order chi connectivity index (χ0) is 13.2. The van der Waals surface area contributed by atoms with Crippen LogP contribution in [0.25, 0.3) is 10.2 Å². The third-order valence-corrected chi connectivity index (χ3v) is 4.32. The van der Waals surface area contributed by atoms with Gasteiger partial charge in [-0.05, 0) is 48.7 Å². The minimum absolute atomic E-state index is 0.859. The highest BCUT2D eigenvalue weighted by Gasteiger charge is 2.02. The Morgan fingerprint density at radius 3 is 2.95 bits per heavy atom. The second-order valence-electron chi connectivity index (χ2n) is 4.75. The van der Waals surface area contributed by atoms with Gasteiger partial charge in [-0.2, -0.15) is 0 Å². The molecule has 0 fully saturated rings. The summed E-state index contributed by atoms with van der Waals surface area (Å²) in [5, 5.41) is 3.49. The molecule has 0 aliphatic heterocycles. The fourth-order valence-corrected chi connectivity index (χ4v) is 2.88. The van der Waals surface area contributed by atoms with Gasteiger partial charge in [-0.15, -0.1) is 11.3 Å². The van der Waals surface area contributed by atoms with Crippen LogP contribution in [-0.2, 0) is 6.54 Å². The van der Waals surface area contributed by atoms with Gasteiger partial charge in [-0.1, -0.05) is 18.2 Å². The van der Waals surface area contributed by atoms with Crippen molar-refractivity contribution < 1.29 is 0 Å². The highest BCUT2D eigenvalue weighted by Crippen LogP contribution is 2.22. The number of benzene rings is 2. The number of nitrogens with zero attached hydrogens (tertiary/aromatic N) is 1. The van der Waals surface area contributed by atoms with Crippen molar-refractivity contribution >= 4 is 27.2 Å². The van der Waals surface area contributed by atoms with Crippen molar-refractivity contribution in [3.8, 4) is 0 Å². The van der Waals surface area contributed by atoms with E-state index in [4.69, 9.17) is 0 Å². The van der Waals surface area contributed by atoms with Crippen molar-refractivity contribution in [1.29, 1.82) is 0 Å². The number of thiazole rings is 1. The molecule has 0 saturated carbocycles. The van der Waals surface area contributed by atoms with Crippen LogP contribution in [0, 0.1) is 13.8 Å². The molecule has 0 unspecified atom stereocenters. The lowest BCUT2D eigenvalue weighted by atomic mass is 10.0. The molecule has 0 radical (unpaired) electrons. The molecule has 0 saturated heterocycles. The molecule has 3 aromatic rings. The first-order valence-electron chi connectivity index (χ1n) is 6.36. The first kappa shape index (κ1) is 12.2. The average Bonchev–Trinajstić information content (AvgIpc) is 2.88. The highest BCUT2D eigenvalue weighted by atomic mass is 32.1. The van der Waals surface area contributed by atoms with Crippen molar-refractivity contribution in [2.24, 2.45) is 0 Å². The summed E-state index contributed by atoms with van der Waals surface area (Å²) in [5.41, 5.74) is 8.18. The Balaban J connectivity index is 1.80. The first-order chi connectivity index (χ1) is 9.24. The van der Waals surface area contributed by atoms with Gasteiger partial charge in [0.15, 0.2) is 0 Å². The van der Waals surface area contributed by atoms with Crippen LogP contribution < -0.4 is 5.32 Å². The monoisotopic (exact) mass is 268 g/mol. The number of nitrogens with one attached hydrogen (secondary N) is 1. The largest absolute Gasteiger partial charge is 0.381 e. The Kier molecular flexibility index (Phi) is 3.22. The fraction of sp³-hybridized carbons (Fsp3) is 0.188. The van der Waals surface area contributed by atoms with E-state index in [-0.39, 0.29) is 0 Å². The van der Waals surface area contributed by atoms with E-state index in [2.05, 4.69) is 60.5 Å². The Labute approximate surface area is 117 Å². The zero-order valence-corrected chi connectivity index (χ0v) is 11.9. The molecular formula is C16H16N2S. The molecule has 0 spiro atoms.